The summed E-state index contributed by atoms with van der Waals surface area (Å²) in [5.41, 5.74) is 0. The molecule has 3 fully saturated rings. The van der Waals surface area contributed by atoms with Gasteiger partial charge in [0.25, 0.3) is 0 Å². The van der Waals surface area contributed by atoms with Crippen LogP contribution in [0.25, 0.3) is 0 Å². The number of amides is 1. The van der Waals surface area contributed by atoms with Gasteiger partial charge in [-0.2, -0.15) is 0 Å². The Hall–Kier alpha value is -0.650. The fraction of sp³-hybridized carbons (Fsp3) is 0.941. The first kappa shape index (κ1) is 16.2. The molecule has 3 aliphatic heterocycles. The van der Waals surface area contributed by atoms with Gasteiger partial charge in [0.15, 0.2) is 0 Å². The van der Waals surface area contributed by atoms with Gasteiger partial charge < -0.3 is 18.9 Å². The van der Waals surface area contributed by atoms with Gasteiger partial charge in [0.1, 0.15) is 6.61 Å². The lowest BCUT2D eigenvalue weighted by atomic mass is 9.82. The summed E-state index contributed by atoms with van der Waals surface area (Å²) in [7, 11) is 2.43. The standard InChI is InChI=1S/C17H31N2O3/c1-19-9-3-2-6-16(19)15(5-4-10-19)13-22-14-17(20)18-7-11-21-12-8-18/h15-16H,2-14H2,1H3/q+1/t15-,16-,19-/m1/s1. The second kappa shape index (κ2) is 7.28. The molecule has 3 heterocycles. The summed E-state index contributed by atoms with van der Waals surface area (Å²) in [5, 5.41) is 0. The normalized spacial score (nSPS) is 36.0. The predicted molar refractivity (Wildman–Crippen MR) is 84.5 cm³/mol. The summed E-state index contributed by atoms with van der Waals surface area (Å²) in [6.45, 7) is 6.40. The number of carbonyl (C=O) groups is 1. The van der Waals surface area contributed by atoms with Gasteiger partial charge in [-0.25, -0.2) is 0 Å². The first-order valence-electron chi connectivity index (χ1n) is 8.96. The van der Waals surface area contributed by atoms with Crippen LogP contribution in [0.15, 0.2) is 0 Å². The van der Waals surface area contributed by atoms with Crippen LogP contribution in [0.3, 0.4) is 0 Å². The fourth-order valence-electron chi connectivity index (χ4n) is 4.63. The summed E-state index contributed by atoms with van der Waals surface area (Å²) in [5.74, 6) is 0.761. The highest BCUT2D eigenvalue weighted by Gasteiger charge is 2.43. The van der Waals surface area contributed by atoms with Gasteiger partial charge >= 0.3 is 0 Å². The van der Waals surface area contributed by atoms with E-state index in [1.807, 2.05) is 4.90 Å². The summed E-state index contributed by atoms with van der Waals surface area (Å²) < 4.78 is 12.4. The Kier molecular flexibility index (Phi) is 5.37. The third kappa shape index (κ3) is 3.63. The van der Waals surface area contributed by atoms with E-state index >= 15 is 0 Å². The molecule has 0 spiro atoms. The average Bonchev–Trinajstić information content (AvgIpc) is 2.55. The van der Waals surface area contributed by atoms with Crippen LogP contribution in [0.4, 0.5) is 0 Å². The predicted octanol–water partition coefficient (Wildman–Crippen LogP) is 1.27. The molecule has 3 saturated heterocycles. The van der Waals surface area contributed by atoms with E-state index in [9.17, 15) is 4.79 Å². The number of quaternary nitrogens is 1. The van der Waals surface area contributed by atoms with Crippen molar-refractivity contribution in [3.63, 3.8) is 0 Å². The molecule has 0 unspecified atom stereocenters. The lowest BCUT2D eigenvalue weighted by Gasteiger charge is -2.51. The zero-order chi connectivity index (χ0) is 15.4. The summed E-state index contributed by atoms with van der Waals surface area (Å²) in [4.78, 5) is 14.0. The van der Waals surface area contributed by atoms with Crippen molar-refractivity contribution < 1.29 is 18.8 Å². The molecule has 3 aliphatic rings. The van der Waals surface area contributed by atoms with E-state index in [0.717, 1.165) is 12.6 Å². The molecule has 5 nitrogen and oxygen atoms in total. The Morgan fingerprint density at radius 2 is 1.95 bits per heavy atom. The highest BCUT2D eigenvalue weighted by Crippen LogP contribution is 2.36. The largest absolute Gasteiger partial charge is 0.378 e. The van der Waals surface area contributed by atoms with Crippen molar-refractivity contribution >= 4 is 5.91 Å². The van der Waals surface area contributed by atoms with E-state index in [0.29, 0.717) is 32.2 Å². The zero-order valence-corrected chi connectivity index (χ0v) is 14.0. The molecule has 0 aromatic carbocycles. The van der Waals surface area contributed by atoms with Gasteiger partial charge in [-0.05, 0) is 25.7 Å². The van der Waals surface area contributed by atoms with Gasteiger partial charge in [-0.15, -0.1) is 0 Å². The SMILES string of the molecule is C[N@+]12CCCC[C@@H]1[C@@H](COCC(=O)N1CCOCC1)CCC2. The molecule has 0 aliphatic carbocycles. The Morgan fingerprint density at radius 3 is 2.77 bits per heavy atom. The van der Waals surface area contributed by atoms with Crippen LogP contribution >= 0.6 is 0 Å². The first-order valence-corrected chi connectivity index (χ1v) is 8.96. The van der Waals surface area contributed by atoms with Crippen molar-refractivity contribution in [3.8, 4) is 0 Å². The van der Waals surface area contributed by atoms with Crippen LogP contribution in [-0.2, 0) is 14.3 Å². The third-order valence-electron chi connectivity index (χ3n) is 5.93. The van der Waals surface area contributed by atoms with Gasteiger partial charge in [-0.3, -0.25) is 4.79 Å². The van der Waals surface area contributed by atoms with Crippen LogP contribution < -0.4 is 0 Å². The molecule has 0 bridgehead atoms. The molecule has 0 radical (unpaired) electrons. The van der Waals surface area contributed by atoms with Gasteiger partial charge in [0.05, 0.1) is 46.0 Å². The molecular weight excluding hydrogens is 280 g/mol. The smallest absolute Gasteiger partial charge is 0.248 e. The van der Waals surface area contributed by atoms with E-state index in [2.05, 4.69) is 7.05 Å². The first-order chi connectivity index (χ1) is 10.7. The maximum Gasteiger partial charge on any atom is 0.248 e. The van der Waals surface area contributed by atoms with Crippen molar-refractivity contribution in [1.29, 1.82) is 0 Å². The fourth-order valence-corrected chi connectivity index (χ4v) is 4.63. The number of hydrogen-bond acceptors (Lipinski definition) is 3. The monoisotopic (exact) mass is 311 g/mol. The third-order valence-corrected chi connectivity index (χ3v) is 5.93. The van der Waals surface area contributed by atoms with Crippen molar-refractivity contribution in [3.05, 3.63) is 0 Å². The van der Waals surface area contributed by atoms with E-state index in [4.69, 9.17) is 9.47 Å². The van der Waals surface area contributed by atoms with Crippen molar-refractivity contribution in [2.45, 2.75) is 38.1 Å². The van der Waals surface area contributed by atoms with Crippen LogP contribution in [0.5, 0.6) is 0 Å². The molecule has 22 heavy (non-hydrogen) atoms. The second-order valence-electron chi connectivity index (χ2n) is 7.40. The number of fused-ring (bicyclic) bond motifs is 1. The molecular formula is C17H31N2O3+. The minimum absolute atomic E-state index is 0.125. The van der Waals surface area contributed by atoms with Crippen molar-refractivity contribution in [1.82, 2.24) is 4.90 Å². The van der Waals surface area contributed by atoms with Gasteiger partial charge in [0, 0.05) is 25.4 Å². The van der Waals surface area contributed by atoms with Crippen LogP contribution in [0, 0.1) is 5.92 Å². The van der Waals surface area contributed by atoms with Gasteiger partial charge in [0.2, 0.25) is 5.91 Å². The van der Waals surface area contributed by atoms with E-state index in [-0.39, 0.29) is 12.5 Å². The number of hydrogen-bond donors (Lipinski definition) is 0. The number of rotatable bonds is 4. The van der Waals surface area contributed by atoms with E-state index in [1.165, 1.54) is 49.7 Å². The second-order valence-corrected chi connectivity index (χ2v) is 7.40. The molecule has 0 N–H and O–H groups in total. The molecule has 5 heteroatoms. The lowest BCUT2D eigenvalue weighted by Crippen LogP contribution is -2.61. The van der Waals surface area contributed by atoms with E-state index in [1.54, 1.807) is 0 Å². The molecule has 0 aromatic rings. The number of nitrogens with zero attached hydrogens (tertiary/aromatic N) is 2. The van der Waals surface area contributed by atoms with Gasteiger partial charge in [-0.1, -0.05) is 0 Å². The minimum atomic E-state index is 0.125. The molecule has 3 atom stereocenters. The topological polar surface area (TPSA) is 38.8 Å². The van der Waals surface area contributed by atoms with Crippen molar-refractivity contribution in [2.24, 2.45) is 5.92 Å². The van der Waals surface area contributed by atoms with E-state index < -0.39 is 0 Å². The molecule has 0 aromatic heterocycles. The number of carbonyl (C=O) groups excluding carboxylic acids is 1. The van der Waals surface area contributed by atoms with Crippen molar-refractivity contribution in [2.75, 3.05) is 59.7 Å². The van der Waals surface area contributed by atoms with Crippen LogP contribution in [0.2, 0.25) is 0 Å². The Bertz CT molecular complexity index is 380. The van der Waals surface area contributed by atoms with Crippen LogP contribution in [-0.4, -0.2) is 81.0 Å². The number of morpholine rings is 1. The average molecular weight is 311 g/mol. The maximum absolute atomic E-state index is 12.1. The van der Waals surface area contributed by atoms with Crippen LogP contribution in [0.1, 0.15) is 32.1 Å². The number of piperidine rings is 2. The number of ether oxygens (including phenoxy) is 2. The maximum atomic E-state index is 12.1. The molecule has 1 amide bonds. The summed E-state index contributed by atoms with van der Waals surface area (Å²) >= 11 is 0. The Labute approximate surface area is 134 Å². The Morgan fingerprint density at radius 1 is 1.18 bits per heavy atom. The summed E-state index contributed by atoms with van der Waals surface area (Å²) in [6, 6.07) is 0.751. The molecule has 0 saturated carbocycles. The molecule has 3 rings (SSSR count). The highest BCUT2D eigenvalue weighted by atomic mass is 16.5. The Balaban J connectivity index is 1.45. The zero-order valence-electron chi connectivity index (χ0n) is 14.0. The molecule has 126 valence electrons. The summed E-state index contributed by atoms with van der Waals surface area (Å²) in [6.07, 6.45) is 6.64. The lowest BCUT2D eigenvalue weighted by molar-refractivity contribution is -0.947. The minimum Gasteiger partial charge on any atom is -0.378 e. The quantitative estimate of drug-likeness (QED) is 0.734. The highest BCUT2D eigenvalue weighted by molar-refractivity contribution is 5.77.